The molecule has 0 aromatic rings. The van der Waals surface area contributed by atoms with Crippen LogP contribution in [0.15, 0.2) is 0 Å². The van der Waals surface area contributed by atoms with E-state index in [1.165, 1.54) is 0 Å². The summed E-state index contributed by atoms with van der Waals surface area (Å²) in [4.78, 5) is 12.0. The number of carbonyl (C=O) groups excluding carboxylic acids is 1. The third kappa shape index (κ3) is 3.46. The van der Waals surface area contributed by atoms with E-state index >= 15 is 0 Å². The monoisotopic (exact) mass is 240 g/mol. The van der Waals surface area contributed by atoms with Crippen LogP contribution in [-0.2, 0) is 9.53 Å². The van der Waals surface area contributed by atoms with Crippen LogP contribution >= 0.6 is 0 Å². The molecule has 0 saturated heterocycles. The lowest BCUT2D eigenvalue weighted by molar-refractivity contribution is -0.163. The Morgan fingerprint density at radius 2 is 1.65 bits per heavy atom. The van der Waals surface area contributed by atoms with E-state index in [-0.39, 0.29) is 17.5 Å². The molecule has 100 valence electrons. The van der Waals surface area contributed by atoms with Crippen LogP contribution in [-0.4, -0.2) is 12.1 Å². The van der Waals surface area contributed by atoms with E-state index in [0.717, 1.165) is 25.2 Å². The Morgan fingerprint density at radius 3 is 2.06 bits per heavy atom. The number of esters is 1. The second-order valence-electron chi connectivity index (χ2n) is 6.55. The molecule has 0 aromatic carbocycles. The van der Waals surface area contributed by atoms with Gasteiger partial charge >= 0.3 is 5.97 Å². The summed E-state index contributed by atoms with van der Waals surface area (Å²) < 4.78 is 5.70. The van der Waals surface area contributed by atoms with E-state index in [9.17, 15) is 4.79 Å². The van der Waals surface area contributed by atoms with Crippen molar-refractivity contribution in [3.05, 3.63) is 0 Å². The maximum Gasteiger partial charge on any atom is 0.311 e. The van der Waals surface area contributed by atoms with Gasteiger partial charge in [0.15, 0.2) is 0 Å². The van der Waals surface area contributed by atoms with Gasteiger partial charge in [0.2, 0.25) is 0 Å². The van der Waals surface area contributed by atoms with Crippen LogP contribution in [0.1, 0.15) is 60.8 Å². The second-order valence-corrected chi connectivity index (χ2v) is 6.55. The molecule has 1 rings (SSSR count). The van der Waals surface area contributed by atoms with E-state index in [1.54, 1.807) is 0 Å². The largest absolute Gasteiger partial charge is 0.462 e. The Morgan fingerprint density at radius 1 is 1.18 bits per heavy atom. The van der Waals surface area contributed by atoms with Crippen LogP contribution in [0, 0.1) is 23.2 Å². The molecule has 1 saturated carbocycles. The van der Waals surface area contributed by atoms with Crippen molar-refractivity contribution in [2.24, 2.45) is 23.2 Å². The van der Waals surface area contributed by atoms with Crippen molar-refractivity contribution in [2.45, 2.75) is 66.9 Å². The highest BCUT2D eigenvalue weighted by Crippen LogP contribution is 2.36. The Hall–Kier alpha value is -0.530. The number of hydrogen-bond donors (Lipinski definition) is 0. The third-order valence-corrected chi connectivity index (χ3v) is 4.77. The minimum Gasteiger partial charge on any atom is -0.462 e. The summed E-state index contributed by atoms with van der Waals surface area (Å²) in [5, 5.41) is 0. The van der Waals surface area contributed by atoms with Gasteiger partial charge in [0, 0.05) is 0 Å². The Bertz CT molecular complexity index is 258. The average molecular weight is 240 g/mol. The molecule has 0 amide bonds. The van der Waals surface area contributed by atoms with Gasteiger partial charge in [-0.3, -0.25) is 4.79 Å². The van der Waals surface area contributed by atoms with E-state index in [0.29, 0.717) is 11.8 Å². The van der Waals surface area contributed by atoms with Crippen molar-refractivity contribution >= 4 is 5.97 Å². The van der Waals surface area contributed by atoms with Gasteiger partial charge < -0.3 is 4.74 Å². The van der Waals surface area contributed by atoms with Crippen molar-refractivity contribution in [2.75, 3.05) is 0 Å². The third-order valence-electron chi connectivity index (χ3n) is 4.77. The Labute approximate surface area is 106 Å². The van der Waals surface area contributed by atoms with Gasteiger partial charge in [-0.15, -0.1) is 0 Å². The molecule has 2 heteroatoms. The van der Waals surface area contributed by atoms with Gasteiger partial charge in [-0.25, -0.2) is 0 Å². The van der Waals surface area contributed by atoms with Gasteiger partial charge in [0.1, 0.15) is 6.10 Å². The summed E-state index contributed by atoms with van der Waals surface area (Å²) >= 11 is 0. The summed E-state index contributed by atoms with van der Waals surface area (Å²) in [6, 6.07) is 0. The second kappa shape index (κ2) is 5.41. The molecule has 0 aliphatic heterocycles. The molecule has 2 nitrogen and oxygen atoms in total. The zero-order valence-corrected chi connectivity index (χ0v) is 12.2. The highest BCUT2D eigenvalue weighted by Gasteiger charge is 2.35. The van der Waals surface area contributed by atoms with E-state index in [1.807, 2.05) is 20.8 Å². The number of hydrogen-bond acceptors (Lipinski definition) is 2. The molecular weight excluding hydrogens is 212 g/mol. The van der Waals surface area contributed by atoms with Crippen LogP contribution in [0.2, 0.25) is 0 Å². The fraction of sp³-hybridized carbons (Fsp3) is 0.933. The summed E-state index contributed by atoms with van der Waals surface area (Å²) in [7, 11) is 0. The van der Waals surface area contributed by atoms with Crippen LogP contribution in [0.25, 0.3) is 0 Å². The molecule has 0 heterocycles. The van der Waals surface area contributed by atoms with Crippen LogP contribution in [0.5, 0.6) is 0 Å². The van der Waals surface area contributed by atoms with Crippen molar-refractivity contribution in [1.82, 2.24) is 0 Å². The first-order valence-electron chi connectivity index (χ1n) is 6.99. The molecule has 1 aliphatic rings. The summed E-state index contributed by atoms with van der Waals surface area (Å²) in [5.74, 6) is 2.02. The maximum atomic E-state index is 12.0. The van der Waals surface area contributed by atoms with Gasteiger partial charge in [-0.05, 0) is 50.9 Å². The zero-order valence-electron chi connectivity index (χ0n) is 12.2. The lowest BCUT2D eigenvalue weighted by Crippen LogP contribution is -2.37. The number of ether oxygens (including phenoxy) is 1. The fourth-order valence-corrected chi connectivity index (χ4v) is 2.47. The van der Waals surface area contributed by atoms with Crippen LogP contribution in [0.4, 0.5) is 0 Å². The first-order valence-corrected chi connectivity index (χ1v) is 6.99. The van der Waals surface area contributed by atoms with Gasteiger partial charge in [-0.2, -0.15) is 0 Å². The van der Waals surface area contributed by atoms with E-state index in [2.05, 4.69) is 20.8 Å². The molecule has 2 atom stereocenters. The Balaban J connectivity index is 2.56. The predicted octanol–water partition coefficient (Wildman–Crippen LogP) is 4.04. The predicted molar refractivity (Wildman–Crippen MR) is 70.7 cm³/mol. The van der Waals surface area contributed by atoms with Crippen molar-refractivity contribution in [1.29, 1.82) is 0 Å². The SMILES string of the molecule is CCC(C)(C)C(=O)OC1CC(C)C(C)C(C)C1. The molecule has 17 heavy (non-hydrogen) atoms. The van der Waals surface area contributed by atoms with E-state index in [4.69, 9.17) is 4.74 Å². The van der Waals surface area contributed by atoms with Gasteiger partial charge in [0.25, 0.3) is 0 Å². The highest BCUT2D eigenvalue weighted by molar-refractivity contribution is 5.76. The van der Waals surface area contributed by atoms with Crippen molar-refractivity contribution in [3.8, 4) is 0 Å². The summed E-state index contributed by atoms with van der Waals surface area (Å²) in [5.41, 5.74) is -0.338. The van der Waals surface area contributed by atoms with Crippen LogP contribution in [0.3, 0.4) is 0 Å². The Kier molecular flexibility index (Phi) is 4.62. The fourth-order valence-electron chi connectivity index (χ4n) is 2.47. The minimum absolute atomic E-state index is 0.0287. The minimum atomic E-state index is -0.338. The first-order chi connectivity index (χ1) is 7.77. The average Bonchev–Trinajstić information content (AvgIpc) is 2.25. The molecule has 1 fully saturated rings. The number of rotatable bonds is 3. The summed E-state index contributed by atoms with van der Waals surface area (Å²) in [6.45, 7) is 12.8. The molecule has 0 aromatic heterocycles. The quantitative estimate of drug-likeness (QED) is 0.696. The molecular formula is C15H28O2. The van der Waals surface area contributed by atoms with Crippen molar-refractivity contribution in [3.63, 3.8) is 0 Å². The van der Waals surface area contributed by atoms with Gasteiger partial charge in [-0.1, -0.05) is 27.7 Å². The lowest BCUT2D eigenvalue weighted by atomic mass is 9.73. The lowest BCUT2D eigenvalue weighted by Gasteiger charge is -2.37. The van der Waals surface area contributed by atoms with Gasteiger partial charge in [0.05, 0.1) is 5.41 Å². The molecule has 0 radical (unpaired) electrons. The smallest absolute Gasteiger partial charge is 0.311 e. The topological polar surface area (TPSA) is 26.3 Å². The zero-order chi connectivity index (χ0) is 13.2. The van der Waals surface area contributed by atoms with Crippen LogP contribution < -0.4 is 0 Å². The number of carbonyl (C=O) groups is 1. The maximum absolute atomic E-state index is 12.0. The molecule has 1 aliphatic carbocycles. The normalized spacial score (nSPS) is 34.5. The standard InChI is InChI=1S/C15H28O2/c1-7-15(5,6)14(16)17-13-8-10(2)12(4)11(3)9-13/h10-13H,7-9H2,1-6H3. The van der Waals surface area contributed by atoms with Crippen molar-refractivity contribution < 1.29 is 9.53 Å². The molecule has 0 bridgehead atoms. The first kappa shape index (κ1) is 14.5. The summed E-state index contributed by atoms with van der Waals surface area (Å²) in [6.07, 6.45) is 3.02. The molecule has 0 spiro atoms. The highest BCUT2D eigenvalue weighted by atomic mass is 16.5. The van der Waals surface area contributed by atoms with E-state index < -0.39 is 0 Å². The molecule has 0 N–H and O–H groups in total. The molecule has 2 unspecified atom stereocenters.